The van der Waals surface area contributed by atoms with Crippen LogP contribution < -0.4 is 16.4 Å². The van der Waals surface area contributed by atoms with Crippen molar-refractivity contribution in [1.29, 1.82) is 0 Å². The van der Waals surface area contributed by atoms with Gasteiger partial charge in [-0.2, -0.15) is 13.5 Å². The topological polar surface area (TPSA) is 119 Å². The van der Waals surface area contributed by atoms with Crippen molar-refractivity contribution in [3.63, 3.8) is 0 Å². The minimum Gasteiger partial charge on any atom is -0.369 e. The van der Waals surface area contributed by atoms with Crippen LogP contribution in [0.2, 0.25) is 0 Å². The lowest BCUT2D eigenvalue weighted by atomic mass is 9.95. The zero-order valence-electron chi connectivity index (χ0n) is 20.0. The van der Waals surface area contributed by atoms with E-state index in [1.54, 1.807) is 12.3 Å². The Bertz CT molecular complexity index is 1410. The Morgan fingerprint density at radius 3 is 2.64 bits per heavy atom. The van der Waals surface area contributed by atoms with Crippen molar-refractivity contribution in [1.82, 2.24) is 25.3 Å². The number of carbonyl (C=O) groups excluding carboxylic acids is 1. The molecule has 1 aliphatic carbocycles. The number of nitrogens with zero attached hydrogens (tertiary/aromatic N) is 4. The van der Waals surface area contributed by atoms with E-state index in [1.807, 2.05) is 25.1 Å². The third-order valence-electron chi connectivity index (χ3n) is 6.49. The number of halogens is 1. The van der Waals surface area contributed by atoms with Gasteiger partial charge in [0.25, 0.3) is 5.91 Å². The number of carbonyl (C=O) groups is 1. The van der Waals surface area contributed by atoms with Crippen LogP contribution in [-0.2, 0) is 5.54 Å². The first kappa shape index (κ1) is 25.5. The van der Waals surface area contributed by atoms with Crippen LogP contribution in [0.15, 0.2) is 55.1 Å². The molecule has 4 N–H and O–H groups in total. The van der Waals surface area contributed by atoms with Crippen molar-refractivity contribution >= 4 is 36.1 Å². The van der Waals surface area contributed by atoms with Crippen molar-refractivity contribution in [2.75, 3.05) is 18.9 Å². The van der Waals surface area contributed by atoms with Crippen LogP contribution in [0.1, 0.15) is 47.3 Å². The fourth-order valence-corrected chi connectivity index (χ4v) is 4.18. The molecule has 0 spiro atoms. The number of fused-ring (bicyclic) bond motifs is 1. The summed E-state index contributed by atoms with van der Waals surface area (Å²) in [5.41, 5.74) is 10.1. The maximum atomic E-state index is 14.7. The van der Waals surface area contributed by atoms with Crippen molar-refractivity contribution in [2.45, 2.75) is 31.2 Å². The minimum atomic E-state index is -0.474. The molecule has 1 aliphatic rings. The second-order valence-corrected chi connectivity index (χ2v) is 8.96. The molecule has 0 bridgehead atoms. The summed E-state index contributed by atoms with van der Waals surface area (Å²) in [4.78, 5) is 29.9. The van der Waals surface area contributed by atoms with E-state index < -0.39 is 5.82 Å². The molecule has 1 aromatic carbocycles. The van der Waals surface area contributed by atoms with Crippen LogP contribution in [0.25, 0.3) is 22.2 Å². The number of anilines is 1. The largest absolute Gasteiger partial charge is 0.369 e. The quantitative estimate of drug-likeness (QED) is 0.349. The molecule has 8 nitrogen and oxygen atoms in total. The Balaban J connectivity index is 0.00000304. The normalized spacial score (nSPS) is 14.6. The molecule has 1 atom stereocenters. The highest BCUT2D eigenvalue weighted by Gasteiger charge is 2.41. The summed E-state index contributed by atoms with van der Waals surface area (Å²) in [7, 11) is 1.52. The molecular formula is C26H28FN7OS. The SMILES string of the molecule is CNC(=O)c1ccnc2c([C@H](C)CNc3cc(-c4ccc(C5(N)CC5)nc4)ncn3)ccc(F)c12.S. The van der Waals surface area contributed by atoms with Crippen LogP contribution in [0.3, 0.4) is 0 Å². The first-order chi connectivity index (χ1) is 16.9. The number of pyridine rings is 2. The molecule has 4 aromatic rings. The molecule has 5 rings (SSSR count). The number of amides is 1. The molecule has 3 heterocycles. The predicted molar refractivity (Wildman–Crippen MR) is 143 cm³/mol. The van der Waals surface area contributed by atoms with Gasteiger partial charge in [0.05, 0.1) is 28.0 Å². The van der Waals surface area contributed by atoms with E-state index in [4.69, 9.17) is 5.73 Å². The molecule has 0 unspecified atom stereocenters. The van der Waals surface area contributed by atoms with E-state index >= 15 is 0 Å². The van der Waals surface area contributed by atoms with Crippen LogP contribution in [0, 0.1) is 5.82 Å². The third-order valence-corrected chi connectivity index (χ3v) is 6.49. The highest BCUT2D eigenvalue weighted by Crippen LogP contribution is 2.41. The lowest BCUT2D eigenvalue weighted by Crippen LogP contribution is -2.20. The van der Waals surface area contributed by atoms with Crippen LogP contribution in [0.5, 0.6) is 0 Å². The Kier molecular flexibility index (Phi) is 7.18. The Morgan fingerprint density at radius 1 is 1.14 bits per heavy atom. The third kappa shape index (κ3) is 4.87. The zero-order valence-corrected chi connectivity index (χ0v) is 21.0. The maximum absolute atomic E-state index is 14.7. The van der Waals surface area contributed by atoms with Crippen molar-refractivity contribution < 1.29 is 9.18 Å². The summed E-state index contributed by atoms with van der Waals surface area (Å²) in [5.74, 6) is -0.204. The van der Waals surface area contributed by atoms with Gasteiger partial charge in [-0.05, 0) is 42.7 Å². The van der Waals surface area contributed by atoms with E-state index in [0.29, 0.717) is 17.9 Å². The van der Waals surface area contributed by atoms with Gasteiger partial charge < -0.3 is 16.4 Å². The molecule has 1 saturated carbocycles. The first-order valence-corrected chi connectivity index (χ1v) is 11.5. The Morgan fingerprint density at radius 2 is 1.94 bits per heavy atom. The van der Waals surface area contributed by atoms with E-state index in [2.05, 4.69) is 30.6 Å². The lowest BCUT2D eigenvalue weighted by Gasteiger charge is -2.17. The summed E-state index contributed by atoms with van der Waals surface area (Å²) in [6.07, 6.45) is 6.75. The summed E-state index contributed by atoms with van der Waals surface area (Å²) >= 11 is 0. The number of hydrogen-bond acceptors (Lipinski definition) is 7. The summed E-state index contributed by atoms with van der Waals surface area (Å²) < 4.78 is 14.7. The molecule has 10 heteroatoms. The lowest BCUT2D eigenvalue weighted by molar-refractivity contribution is 0.0964. The number of nitrogens with two attached hydrogens (primary N) is 1. The number of nitrogens with one attached hydrogen (secondary N) is 2. The van der Waals surface area contributed by atoms with Gasteiger partial charge in [-0.1, -0.05) is 13.0 Å². The Hall–Kier alpha value is -3.63. The van der Waals surface area contributed by atoms with Gasteiger partial charge in [-0.3, -0.25) is 14.8 Å². The highest BCUT2D eigenvalue weighted by molar-refractivity contribution is 7.59. The van der Waals surface area contributed by atoms with Gasteiger partial charge in [-0.15, -0.1) is 0 Å². The van der Waals surface area contributed by atoms with Gasteiger partial charge in [-0.25, -0.2) is 14.4 Å². The van der Waals surface area contributed by atoms with Crippen LogP contribution in [-0.4, -0.2) is 39.4 Å². The van der Waals surface area contributed by atoms with Crippen LogP contribution in [0.4, 0.5) is 10.2 Å². The predicted octanol–water partition coefficient (Wildman–Crippen LogP) is 3.86. The molecule has 1 fully saturated rings. The highest BCUT2D eigenvalue weighted by atomic mass is 32.1. The molecule has 1 amide bonds. The van der Waals surface area contributed by atoms with E-state index in [-0.39, 0.29) is 41.8 Å². The number of rotatable bonds is 7. The standard InChI is InChI=1S/C26H26FN7O.H2S/c1-15(17-4-5-19(27)23-18(25(35)29-2)7-10-30-24(17)23)12-32-22-11-20(33-14-34-22)16-3-6-21(31-13-16)26(28)8-9-26;/h3-7,10-11,13-15H,8-9,12,28H2,1-2H3,(H,29,35)(H,32,33,34);1H2/t15-;/m1./s1. The second kappa shape index (κ2) is 10.2. The molecule has 3 aromatic heterocycles. The van der Waals surface area contributed by atoms with Crippen molar-refractivity contribution in [2.24, 2.45) is 5.73 Å². The molecule has 0 saturated heterocycles. The number of hydrogen-bond donors (Lipinski definition) is 3. The van der Waals surface area contributed by atoms with E-state index in [1.165, 1.54) is 31.7 Å². The van der Waals surface area contributed by atoms with Gasteiger partial charge in [0.1, 0.15) is 18.0 Å². The number of benzene rings is 1. The van der Waals surface area contributed by atoms with Crippen molar-refractivity contribution in [3.05, 3.63) is 77.8 Å². The minimum absolute atomic E-state index is 0. The molecule has 186 valence electrons. The first-order valence-electron chi connectivity index (χ1n) is 11.5. The Labute approximate surface area is 215 Å². The molecular weight excluding hydrogens is 477 g/mol. The number of aromatic nitrogens is 4. The average molecular weight is 506 g/mol. The summed E-state index contributed by atoms with van der Waals surface area (Å²) in [6, 6.07) is 10.4. The summed E-state index contributed by atoms with van der Waals surface area (Å²) in [6.45, 7) is 2.54. The second-order valence-electron chi connectivity index (χ2n) is 8.96. The zero-order chi connectivity index (χ0) is 24.6. The average Bonchev–Trinajstić information content (AvgIpc) is 3.65. The van der Waals surface area contributed by atoms with E-state index in [0.717, 1.165) is 35.4 Å². The van der Waals surface area contributed by atoms with Gasteiger partial charge in [0.2, 0.25) is 0 Å². The van der Waals surface area contributed by atoms with Crippen molar-refractivity contribution in [3.8, 4) is 11.3 Å². The maximum Gasteiger partial charge on any atom is 0.251 e. The molecule has 36 heavy (non-hydrogen) atoms. The van der Waals surface area contributed by atoms with Gasteiger partial charge in [0.15, 0.2) is 0 Å². The van der Waals surface area contributed by atoms with Gasteiger partial charge >= 0.3 is 0 Å². The van der Waals surface area contributed by atoms with Crippen LogP contribution >= 0.6 is 13.5 Å². The molecule has 0 radical (unpaired) electrons. The van der Waals surface area contributed by atoms with Gasteiger partial charge in [0, 0.05) is 48.9 Å². The summed E-state index contributed by atoms with van der Waals surface area (Å²) in [5, 5.41) is 6.12. The fourth-order valence-electron chi connectivity index (χ4n) is 4.18. The monoisotopic (exact) mass is 505 g/mol. The van der Waals surface area contributed by atoms with E-state index in [9.17, 15) is 9.18 Å². The smallest absolute Gasteiger partial charge is 0.251 e. The molecule has 0 aliphatic heterocycles. The fraction of sp³-hybridized carbons (Fsp3) is 0.269.